The third kappa shape index (κ3) is 1.49. The lowest BCUT2D eigenvalue weighted by atomic mass is 10.1. The summed E-state index contributed by atoms with van der Waals surface area (Å²) in [7, 11) is 0. The van der Waals surface area contributed by atoms with E-state index in [0.29, 0.717) is 12.1 Å². The van der Waals surface area contributed by atoms with E-state index in [2.05, 4.69) is 17.1 Å². The van der Waals surface area contributed by atoms with E-state index in [0.717, 1.165) is 26.1 Å². The lowest BCUT2D eigenvalue weighted by Gasteiger charge is -2.35. The molecule has 3 heteroatoms. The van der Waals surface area contributed by atoms with Crippen molar-refractivity contribution in [3.8, 4) is 0 Å². The maximum atomic E-state index is 9.45. The number of hydrogen-bond donors (Lipinski definition) is 2. The van der Waals surface area contributed by atoms with E-state index in [1.54, 1.807) is 0 Å². The van der Waals surface area contributed by atoms with Gasteiger partial charge in [0, 0.05) is 31.7 Å². The fourth-order valence-electron chi connectivity index (χ4n) is 2.32. The first-order chi connectivity index (χ1) is 5.79. The van der Waals surface area contributed by atoms with Crippen molar-refractivity contribution >= 4 is 0 Å². The van der Waals surface area contributed by atoms with Gasteiger partial charge < -0.3 is 10.4 Å². The van der Waals surface area contributed by atoms with Crippen LogP contribution < -0.4 is 5.32 Å². The third-order valence-electron chi connectivity index (χ3n) is 3.10. The molecule has 2 N–H and O–H groups in total. The first kappa shape index (κ1) is 8.48. The van der Waals surface area contributed by atoms with Crippen molar-refractivity contribution in [1.82, 2.24) is 10.2 Å². The number of rotatable bonds is 1. The van der Waals surface area contributed by atoms with Crippen LogP contribution in [0.4, 0.5) is 0 Å². The molecule has 12 heavy (non-hydrogen) atoms. The number of piperazine rings is 1. The van der Waals surface area contributed by atoms with E-state index in [4.69, 9.17) is 0 Å². The van der Waals surface area contributed by atoms with Crippen LogP contribution in [0.25, 0.3) is 0 Å². The minimum absolute atomic E-state index is 0.0765. The highest BCUT2D eigenvalue weighted by molar-refractivity contribution is 4.92. The first-order valence-electron chi connectivity index (χ1n) is 4.95. The van der Waals surface area contributed by atoms with E-state index in [1.165, 1.54) is 6.42 Å². The number of fused-ring (bicyclic) bond motifs is 1. The van der Waals surface area contributed by atoms with Gasteiger partial charge in [-0.2, -0.15) is 0 Å². The van der Waals surface area contributed by atoms with Crippen molar-refractivity contribution in [2.24, 2.45) is 0 Å². The van der Waals surface area contributed by atoms with Gasteiger partial charge in [0.05, 0.1) is 6.10 Å². The smallest absolute Gasteiger partial charge is 0.0682 e. The van der Waals surface area contributed by atoms with Gasteiger partial charge in [-0.25, -0.2) is 0 Å². The quantitative estimate of drug-likeness (QED) is 0.572. The summed E-state index contributed by atoms with van der Waals surface area (Å²) in [6.45, 7) is 5.29. The van der Waals surface area contributed by atoms with Crippen molar-refractivity contribution in [3.63, 3.8) is 0 Å². The molecule has 2 rings (SSSR count). The fraction of sp³-hybridized carbons (Fsp3) is 1.00. The molecule has 0 aromatic rings. The minimum atomic E-state index is -0.0765. The predicted molar refractivity (Wildman–Crippen MR) is 48.1 cm³/mol. The van der Waals surface area contributed by atoms with Gasteiger partial charge in [-0.15, -0.1) is 0 Å². The molecule has 0 aromatic carbocycles. The Balaban J connectivity index is 1.93. The summed E-state index contributed by atoms with van der Waals surface area (Å²) in [5.74, 6) is 0. The summed E-state index contributed by atoms with van der Waals surface area (Å²) in [6.07, 6.45) is 2.08. The number of nitrogens with zero attached hydrogens (tertiary/aromatic N) is 1. The van der Waals surface area contributed by atoms with Gasteiger partial charge in [-0.05, 0) is 12.8 Å². The standard InChI is InChI=1S/C9H18N2O/c1-2-7-5-11-6-9(12)3-8(11)4-10-7/h7-10,12H,2-6H2,1H3/t7-,8+,9+/m1/s1. The molecule has 2 fully saturated rings. The molecule has 2 heterocycles. The van der Waals surface area contributed by atoms with Crippen LogP contribution in [0.1, 0.15) is 19.8 Å². The monoisotopic (exact) mass is 170 g/mol. The maximum absolute atomic E-state index is 9.45. The number of hydrogen-bond acceptors (Lipinski definition) is 3. The van der Waals surface area contributed by atoms with Gasteiger partial charge in [0.2, 0.25) is 0 Å². The molecule has 0 aromatic heterocycles. The Labute approximate surface area is 73.8 Å². The molecule has 0 amide bonds. The highest BCUT2D eigenvalue weighted by Gasteiger charge is 2.34. The zero-order chi connectivity index (χ0) is 8.55. The van der Waals surface area contributed by atoms with Gasteiger partial charge in [0.15, 0.2) is 0 Å². The molecule has 0 bridgehead atoms. The van der Waals surface area contributed by atoms with Gasteiger partial charge in [-0.1, -0.05) is 6.92 Å². The second kappa shape index (κ2) is 3.32. The minimum Gasteiger partial charge on any atom is -0.392 e. The molecule has 2 saturated heterocycles. The van der Waals surface area contributed by atoms with Gasteiger partial charge in [0.25, 0.3) is 0 Å². The van der Waals surface area contributed by atoms with Gasteiger partial charge >= 0.3 is 0 Å². The molecular formula is C9H18N2O. The second-order valence-electron chi connectivity index (χ2n) is 4.01. The molecule has 0 aliphatic carbocycles. The Bertz CT molecular complexity index is 163. The largest absolute Gasteiger partial charge is 0.392 e. The molecule has 3 nitrogen and oxygen atoms in total. The average Bonchev–Trinajstić information content (AvgIpc) is 2.43. The Morgan fingerprint density at radius 3 is 3.08 bits per heavy atom. The highest BCUT2D eigenvalue weighted by Crippen LogP contribution is 2.20. The van der Waals surface area contributed by atoms with Crippen LogP contribution >= 0.6 is 0 Å². The fourth-order valence-corrected chi connectivity index (χ4v) is 2.32. The van der Waals surface area contributed by atoms with E-state index < -0.39 is 0 Å². The van der Waals surface area contributed by atoms with E-state index in [-0.39, 0.29) is 6.10 Å². The van der Waals surface area contributed by atoms with Crippen molar-refractivity contribution in [2.75, 3.05) is 19.6 Å². The predicted octanol–water partition coefficient (Wildman–Crippen LogP) is -0.197. The highest BCUT2D eigenvalue weighted by atomic mass is 16.3. The van der Waals surface area contributed by atoms with Crippen LogP contribution in [0, 0.1) is 0 Å². The molecule has 0 unspecified atom stereocenters. The summed E-state index contributed by atoms with van der Waals surface area (Å²) in [5, 5.41) is 13.0. The van der Waals surface area contributed by atoms with Crippen molar-refractivity contribution in [2.45, 2.75) is 38.0 Å². The van der Waals surface area contributed by atoms with Crippen molar-refractivity contribution in [1.29, 1.82) is 0 Å². The number of aliphatic hydroxyl groups is 1. The molecule has 70 valence electrons. The lowest BCUT2D eigenvalue weighted by molar-refractivity contribution is 0.152. The molecule has 0 radical (unpaired) electrons. The molecule has 0 spiro atoms. The van der Waals surface area contributed by atoms with E-state index >= 15 is 0 Å². The number of nitrogens with one attached hydrogen (secondary N) is 1. The Kier molecular flexibility index (Phi) is 2.35. The van der Waals surface area contributed by atoms with E-state index in [1.807, 2.05) is 0 Å². The van der Waals surface area contributed by atoms with Crippen LogP contribution in [-0.2, 0) is 0 Å². The third-order valence-corrected chi connectivity index (χ3v) is 3.10. The average molecular weight is 170 g/mol. The zero-order valence-electron chi connectivity index (χ0n) is 7.66. The van der Waals surface area contributed by atoms with Gasteiger partial charge in [-0.3, -0.25) is 4.90 Å². The summed E-state index contributed by atoms with van der Waals surface area (Å²) in [4.78, 5) is 2.43. The summed E-state index contributed by atoms with van der Waals surface area (Å²) in [5.41, 5.74) is 0. The van der Waals surface area contributed by atoms with Crippen LogP contribution in [0.15, 0.2) is 0 Å². The summed E-state index contributed by atoms with van der Waals surface area (Å²) < 4.78 is 0. The van der Waals surface area contributed by atoms with Crippen LogP contribution in [0.2, 0.25) is 0 Å². The van der Waals surface area contributed by atoms with Crippen molar-refractivity contribution < 1.29 is 5.11 Å². The zero-order valence-corrected chi connectivity index (χ0v) is 7.66. The van der Waals surface area contributed by atoms with Crippen LogP contribution in [0.3, 0.4) is 0 Å². The van der Waals surface area contributed by atoms with Gasteiger partial charge in [0.1, 0.15) is 0 Å². The number of aliphatic hydroxyl groups excluding tert-OH is 1. The van der Waals surface area contributed by atoms with Crippen LogP contribution in [0.5, 0.6) is 0 Å². The Morgan fingerprint density at radius 1 is 1.50 bits per heavy atom. The molecular weight excluding hydrogens is 152 g/mol. The molecule has 0 saturated carbocycles. The summed E-state index contributed by atoms with van der Waals surface area (Å²) >= 11 is 0. The second-order valence-corrected chi connectivity index (χ2v) is 4.01. The van der Waals surface area contributed by atoms with Crippen LogP contribution in [-0.4, -0.2) is 47.8 Å². The normalized spacial score (nSPS) is 43.0. The first-order valence-corrected chi connectivity index (χ1v) is 4.95. The van der Waals surface area contributed by atoms with Crippen molar-refractivity contribution in [3.05, 3.63) is 0 Å². The van der Waals surface area contributed by atoms with E-state index in [9.17, 15) is 5.11 Å². The molecule has 3 atom stereocenters. The topological polar surface area (TPSA) is 35.5 Å². The summed E-state index contributed by atoms with van der Waals surface area (Å²) in [6, 6.07) is 1.24. The Hall–Kier alpha value is -0.120. The molecule has 2 aliphatic heterocycles. The maximum Gasteiger partial charge on any atom is 0.0682 e. The lowest BCUT2D eigenvalue weighted by Crippen LogP contribution is -2.53. The SMILES string of the molecule is CC[C@@H]1CN2C[C@@H](O)C[C@H]2CN1. The Morgan fingerprint density at radius 2 is 2.33 bits per heavy atom. The molecule has 2 aliphatic rings.